The van der Waals surface area contributed by atoms with E-state index in [2.05, 4.69) is 25.8 Å². The van der Waals surface area contributed by atoms with Gasteiger partial charge in [0.2, 0.25) is 17.4 Å². The third-order valence-electron chi connectivity index (χ3n) is 10.8. The number of aromatic nitrogens is 1. The molecule has 1 aromatic heterocycles. The standard InChI is InChI=1S/C48H50N6O6/c1-53(46(58)25-29-54-27-23-39(24-28-54)60-48(59)51-42-13-6-5-12-40(42)35-8-3-2-4-9-35)38-11-7-10-37(31-38)50-45(57)30-33-14-16-34(17-15-33)32-49-26-22-36-18-20-43(55)47-41(36)19-21-44(56)52-47/h2-21,31,39,49,55H,22-30,32H2,1H3,(H,50,57)(H,51,59)(H,52,56). The summed E-state index contributed by atoms with van der Waals surface area (Å²) in [7, 11) is 1.74. The molecule has 1 aliphatic heterocycles. The van der Waals surface area contributed by atoms with Crippen molar-refractivity contribution in [2.45, 2.75) is 44.8 Å². The summed E-state index contributed by atoms with van der Waals surface area (Å²) < 4.78 is 5.78. The molecule has 12 heteroatoms. The number of phenolic OH excluding ortho intramolecular Hbond substituents is 1. The largest absolute Gasteiger partial charge is 0.506 e. The van der Waals surface area contributed by atoms with Crippen LogP contribution in [0.15, 0.2) is 132 Å². The summed E-state index contributed by atoms with van der Waals surface area (Å²) in [6.45, 7) is 3.40. The van der Waals surface area contributed by atoms with Crippen LogP contribution in [0.4, 0.5) is 21.9 Å². The van der Waals surface area contributed by atoms with Crippen LogP contribution in [0.25, 0.3) is 22.0 Å². The number of nitrogens with zero attached hydrogens (tertiary/aromatic N) is 2. The molecule has 0 unspecified atom stereocenters. The second kappa shape index (κ2) is 19.8. The molecule has 2 heterocycles. The van der Waals surface area contributed by atoms with Crippen molar-refractivity contribution >= 4 is 45.9 Å². The molecule has 5 N–H and O–H groups in total. The highest BCUT2D eigenvalue weighted by molar-refractivity contribution is 5.96. The normalized spacial score (nSPS) is 13.2. The molecule has 1 saturated heterocycles. The van der Waals surface area contributed by atoms with Crippen molar-refractivity contribution in [3.05, 3.63) is 154 Å². The summed E-state index contributed by atoms with van der Waals surface area (Å²) in [6, 6.07) is 39.4. The van der Waals surface area contributed by atoms with Gasteiger partial charge in [-0.2, -0.15) is 0 Å². The van der Waals surface area contributed by atoms with Crippen molar-refractivity contribution in [2.75, 3.05) is 48.8 Å². The third-order valence-corrected chi connectivity index (χ3v) is 10.8. The van der Waals surface area contributed by atoms with E-state index < -0.39 is 6.09 Å². The highest BCUT2D eigenvalue weighted by Crippen LogP contribution is 2.29. The van der Waals surface area contributed by atoms with E-state index in [9.17, 15) is 24.3 Å². The Bertz CT molecular complexity index is 2480. The lowest BCUT2D eigenvalue weighted by Gasteiger charge is -2.31. The van der Waals surface area contributed by atoms with Crippen LogP contribution in [-0.2, 0) is 33.7 Å². The van der Waals surface area contributed by atoms with Gasteiger partial charge in [0, 0.05) is 68.0 Å². The van der Waals surface area contributed by atoms with E-state index >= 15 is 0 Å². The number of aromatic amines is 1. The van der Waals surface area contributed by atoms with Crippen LogP contribution in [0.5, 0.6) is 5.75 Å². The molecule has 0 spiro atoms. The van der Waals surface area contributed by atoms with Crippen LogP contribution in [-0.4, -0.2) is 72.2 Å². The maximum absolute atomic E-state index is 13.2. The number of likely N-dealkylation sites (tertiary alicyclic amines) is 1. The lowest BCUT2D eigenvalue weighted by atomic mass is 10.0. The summed E-state index contributed by atoms with van der Waals surface area (Å²) in [5.41, 5.74) is 7.13. The average Bonchev–Trinajstić information content (AvgIpc) is 3.26. The number of H-pyrrole nitrogens is 1. The first-order valence-electron chi connectivity index (χ1n) is 20.3. The first-order chi connectivity index (χ1) is 29.2. The Morgan fingerprint density at radius 2 is 1.58 bits per heavy atom. The monoisotopic (exact) mass is 806 g/mol. The first-order valence-corrected chi connectivity index (χ1v) is 20.3. The highest BCUT2D eigenvalue weighted by Gasteiger charge is 2.24. The minimum absolute atomic E-state index is 0.0331. The number of amides is 3. The smallest absolute Gasteiger partial charge is 0.411 e. The van der Waals surface area contributed by atoms with Crippen molar-refractivity contribution in [1.82, 2.24) is 15.2 Å². The van der Waals surface area contributed by atoms with Gasteiger partial charge in [0.25, 0.3) is 0 Å². The van der Waals surface area contributed by atoms with E-state index in [4.69, 9.17) is 4.74 Å². The zero-order chi connectivity index (χ0) is 41.8. The maximum atomic E-state index is 13.2. The molecule has 12 nitrogen and oxygen atoms in total. The second-order valence-electron chi connectivity index (χ2n) is 15.1. The molecular formula is C48H50N6O6. The molecule has 0 aliphatic carbocycles. The molecule has 6 aromatic rings. The summed E-state index contributed by atoms with van der Waals surface area (Å²) in [6.07, 6.45) is 1.97. The van der Waals surface area contributed by atoms with Gasteiger partial charge in [-0.05, 0) is 84.5 Å². The van der Waals surface area contributed by atoms with Crippen LogP contribution in [0.2, 0.25) is 0 Å². The zero-order valence-corrected chi connectivity index (χ0v) is 33.7. The molecule has 1 fully saturated rings. The number of hydrogen-bond donors (Lipinski definition) is 5. The number of phenols is 1. The molecule has 3 amide bonds. The second-order valence-corrected chi connectivity index (χ2v) is 15.1. The Balaban J connectivity index is 0.804. The average molecular weight is 807 g/mol. The summed E-state index contributed by atoms with van der Waals surface area (Å²) >= 11 is 0. The number of benzene rings is 5. The van der Waals surface area contributed by atoms with Crippen LogP contribution >= 0.6 is 0 Å². The molecule has 7 rings (SSSR count). The number of ether oxygens (including phenoxy) is 1. The Labute approximate surface area is 349 Å². The summed E-state index contributed by atoms with van der Waals surface area (Å²) in [5, 5.41) is 20.3. The predicted molar refractivity (Wildman–Crippen MR) is 236 cm³/mol. The quantitative estimate of drug-likeness (QED) is 0.0670. The minimum Gasteiger partial charge on any atom is -0.506 e. The minimum atomic E-state index is -0.470. The van der Waals surface area contributed by atoms with E-state index in [1.165, 1.54) is 6.07 Å². The molecule has 5 aromatic carbocycles. The summed E-state index contributed by atoms with van der Waals surface area (Å²) in [4.78, 5) is 57.3. The number of fused-ring (bicyclic) bond motifs is 1. The van der Waals surface area contributed by atoms with Crippen LogP contribution < -0.4 is 26.4 Å². The van der Waals surface area contributed by atoms with Gasteiger partial charge < -0.3 is 35.3 Å². The fourth-order valence-corrected chi connectivity index (χ4v) is 7.50. The van der Waals surface area contributed by atoms with E-state index in [1.807, 2.05) is 103 Å². The number of pyridine rings is 1. The van der Waals surface area contributed by atoms with E-state index in [1.54, 1.807) is 30.1 Å². The number of rotatable bonds is 15. The Morgan fingerprint density at radius 1 is 0.833 bits per heavy atom. The fourth-order valence-electron chi connectivity index (χ4n) is 7.50. The fraction of sp³-hybridized carbons (Fsp3) is 0.250. The Hall–Kier alpha value is -6.76. The van der Waals surface area contributed by atoms with E-state index in [-0.39, 0.29) is 35.6 Å². The number of carbonyl (C=O) groups excluding carboxylic acids is 3. The number of aromatic hydroxyl groups is 1. The number of para-hydroxylation sites is 1. The third kappa shape index (κ3) is 11.0. The molecule has 0 atom stereocenters. The Morgan fingerprint density at radius 3 is 2.38 bits per heavy atom. The van der Waals surface area contributed by atoms with Crippen molar-refractivity contribution in [3.63, 3.8) is 0 Å². The molecule has 0 saturated carbocycles. The lowest BCUT2D eigenvalue weighted by molar-refractivity contribution is -0.118. The zero-order valence-electron chi connectivity index (χ0n) is 33.7. The number of carbonyl (C=O) groups is 3. The van der Waals surface area contributed by atoms with Crippen LogP contribution in [0.3, 0.4) is 0 Å². The van der Waals surface area contributed by atoms with E-state index in [0.717, 1.165) is 52.7 Å². The molecule has 60 heavy (non-hydrogen) atoms. The molecule has 308 valence electrons. The van der Waals surface area contributed by atoms with Crippen molar-refractivity contribution in [1.29, 1.82) is 0 Å². The van der Waals surface area contributed by atoms with Gasteiger partial charge in [0.05, 0.1) is 17.6 Å². The van der Waals surface area contributed by atoms with Gasteiger partial charge in [-0.15, -0.1) is 0 Å². The van der Waals surface area contributed by atoms with Crippen molar-refractivity contribution < 1.29 is 24.2 Å². The maximum Gasteiger partial charge on any atom is 0.411 e. The van der Waals surface area contributed by atoms with Gasteiger partial charge in [-0.3, -0.25) is 19.7 Å². The SMILES string of the molecule is CN(C(=O)CCN1CCC(OC(=O)Nc2ccccc2-c2ccccc2)CC1)c1cccc(NC(=O)Cc2ccc(CNCCc3ccc(O)c4[nH]c(=O)ccc34)cc2)c1. The van der Waals surface area contributed by atoms with Gasteiger partial charge >= 0.3 is 6.09 Å². The highest BCUT2D eigenvalue weighted by atomic mass is 16.6. The molecule has 0 bridgehead atoms. The summed E-state index contributed by atoms with van der Waals surface area (Å²) in [5.74, 6) is -0.137. The predicted octanol–water partition coefficient (Wildman–Crippen LogP) is 7.48. The first kappa shape index (κ1) is 41.4. The number of anilines is 3. The molecule has 1 aliphatic rings. The van der Waals surface area contributed by atoms with Crippen LogP contribution in [0.1, 0.15) is 36.0 Å². The topological polar surface area (TPSA) is 156 Å². The van der Waals surface area contributed by atoms with Gasteiger partial charge in [0.15, 0.2) is 0 Å². The number of hydrogen-bond acceptors (Lipinski definition) is 8. The van der Waals surface area contributed by atoms with Crippen molar-refractivity contribution in [2.24, 2.45) is 0 Å². The van der Waals surface area contributed by atoms with Gasteiger partial charge in [0.1, 0.15) is 11.9 Å². The van der Waals surface area contributed by atoms with Gasteiger partial charge in [-0.1, -0.05) is 84.9 Å². The molecular weight excluding hydrogens is 757 g/mol. The molecule has 0 radical (unpaired) electrons. The lowest BCUT2D eigenvalue weighted by Crippen LogP contribution is -2.40. The van der Waals surface area contributed by atoms with Crippen molar-refractivity contribution in [3.8, 4) is 16.9 Å². The number of nitrogens with one attached hydrogen (secondary N) is 4. The van der Waals surface area contributed by atoms with Gasteiger partial charge in [-0.25, -0.2) is 4.79 Å². The number of piperidine rings is 1. The van der Waals surface area contributed by atoms with E-state index in [0.29, 0.717) is 61.5 Å². The van der Waals surface area contributed by atoms with Crippen LogP contribution in [0, 0.1) is 0 Å². The Kier molecular flexibility index (Phi) is 13.7.